The normalized spacial score (nSPS) is 14.9. The Bertz CT molecular complexity index is 797. The molecule has 2 aromatic carbocycles. The minimum atomic E-state index is -0.338. The summed E-state index contributed by atoms with van der Waals surface area (Å²) >= 11 is 6.12. The van der Waals surface area contributed by atoms with Crippen molar-refractivity contribution in [3.05, 3.63) is 64.7 Å². The zero-order chi connectivity index (χ0) is 15.0. The van der Waals surface area contributed by atoms with E-state index < -0.39 is 0 Å². The Balaban J connectivity index is 2.05. The van der Waals surface area contributed by atoms with Crippen molar-refractivity contribution in [1.82, 2.24) is 0 Å². The van der Waals surface area contributed by atoms with Crippen LogP contribution in [0.5, 0.6) is 0 Å². The first-order chi connectivity index (χ1) is 10.1. The number of allylic oxidation sites excluding steroid dienone is 1. The highest BCUT2D eigenvalue weighted by Gasteiger charge is 2.27. The third-order valence-corrected chi connectivity index (χ3v) is 3.54. The minimum Gasteiger partial charge on any atom is -0.399 e. The maximum Gasteiger partial charge on any atom is 0.256 e. The lowest BCUT2D eigenvalue weighted by atomic mass is 10.0. The van der Waals surface area contributed by atoms with E-state index >= 15 is 0 Å². The first-order valence-corrected chi connectivity index (χ1v) is 6.66. The molecular weight excluding hydrogens is 288 g/mol. The van der Waals surface area contributed by atoms with Gasteiger partial charge >= 0.3 is 0 Å². The van der Waals surface area contributed by atoms with Crippen LogP contribution in [0.3, 0.4) is 0 Å². The van der Waals surface area contributed by atoms with Crippen molar-refractivity contribution in [2.75, 3.05) is 11.1 Å². The summed E-state index contributed by atoms with van der Waals surface area (Å²) in [7, 11) is 0. The van der Waals surface area contributed by atoms with E-state index in [0.717, 1.165) is 0 Å². The molecule has 0 saturated carbocycles. The van der Waals surface area contributed by atoms with Crippen molar-refractivity contribution >= 4 is 40.2 Å². The van der Waals surface area contributed by atoms with E-state index in [1.54, 1.807) is 42.5 Å². The smallest absolute Gasteiger partial charge is 0.256 e. The molecule has 2 aromatic rings. The fraction of sp³-hybridized carbons (Fsp3) is 0. The van der Waals surface area contributed by atoms with Crippen molar-refractivity contribution in [1.29, 1.82) is 0 Å². The summed E-state index contributed by atoms with van der Waals surface area (Å²) in [6.07, 6.45) is 1.29. The summed E-state index contributed by atoms with van der Waals surface area (Å²) < 4.78 is 0. The molecule has 1 amide bonds. The molecule has 0 aromatic heterocycles. The zero-order valence-electron chi connectivity index (χ0n) is 10.9. The zero-order valence-corrected chi connectivity index (χ0v) is 11.6. The maximum absolute atomic E-state index is 12.3. The van der Waals surface area contributed by atoms with Crippen LogP contribution in [0, 0.1) is 0 Å². The Morgan fingerprint density at radius 1 is 1.19 bits per heavy atom. The fourth-order valence-corrected chi connectivity index (χ4v) is 2.53. The number of rotatable bonds is 2. The highest BCUT2D eigenvalue weighted by atomic mass is 35.5. The van der Waals surface area contributed by atoms with E-state index in [1.807, 2.05) is 0 Å². The summed E-state index contributed by atoms with van der Waals surface area (Å²) in [6, 6.07) is 11.8. The number of hydrogen-bond donors (Lipinski definition) is 2. The number of nitrogens with one attached hydrogen (secondary N) is 1. The lowest BCUT2D eigenvalue weighted by Gasteiger charge is -2.02. The summed E-state index contributed by atoms with van der Waals surface area (Å²) in [6.45, 7) is 0. The standard InChI is InChI=1S/C16H11ClN2O2/c17-12-5-2-6-13-15(12)11(16(21)19-13)8-14(20)9-3-1-4-10(18)7-9/h1-8H,18H2,(H,19,21). The number of halogens is 1. The molecule has 0 bridgehead atoms. The summed E-state index contributed by atoms with van der Waals surface area (Å²) in [4.78, 5) is 24.3. The van der Waals surface area contributed by atoms with Gasteiger partial charge in [0.15, 0.2) is 5.78 Å². The van der Waals surface area contributed by atoms with Gasteiger partial charge in [-0.1, -0.05) is 29.8 Å². The molecule has 0 aliphatic carbocycles. The molecule has 3 N–H and O–H groups in total. The molecule has 0 fully saturated rings. The van der Waals surface area contributed by atoms with E-state index in [1.165, 1.54) is 6.08 Å². The summed E-state index contributed by atoms with van der Waals surface area (Å²) in [5, 5.41) is 3.12. The number of ketones is 1. The third-order valence-electron chi connectivity index (χ3n) is 3.22. The average molecular weight is 299 g/mol. The first-order valence-electron chi connectivity index (χ1n) is 6.28. The Labute approximate surface area is 126 Å². The molecule has 3 rings (SSSR count). The predicted octanol–water partition coefficient (Wildman–Crippen LogP) is 3.14. The molecule has 0 unspecified atom stereocenters. The van der Waals surface area contributed by atoms with Crippen molar-refractivity contribution in [3.63, 3.8) is 0 Å². The van der Waals surface area contributed by atoms with Crippen LogP contribution in [-0.4, -0.2) is 11.7 Å². The van der Waals surface area contributed by atoms with E-state index in [9.17, 15) is 9.59 Å². The number of benzene rings is 2. The monoisotopic (exact) mass is 298 g/mol. The van der Waals surface area contributed by atoms with Crippen LogP contribution in [0.25, 0.3) is 5.57 Å². The summed E-state index contributed by atoms with van der Waals surface area (Å²) in [5.41, 5.74) is 8.01. The minimum absolute atomic E-state index is 0.267. The fourth-order valence-electron chi connectivity index (χ4n) is 2.25. The molecular formula is C16H11ClN2O2. The highest BCUT2D eigenvalue weighted by molar-refractivity contribution is 6.41. The van der Waals surface area contributed by atoms with Gasteiger partial charge in [0.1, 0.15) is 0 Å². The molecule has 1 aliphatic heterocycles. The highest BCUT2D eigenvalue weighted by Crippen LogP contribution is 2.37. The van der Waals surface area contributed by atoms with Gasteiger partial charge in [0.2, 0.25) is 0 Å². The predicted molar refractivity (Wildman–Crippen MR) is 83.2 cm³/mol. The van der Waals surface area contributed by atoms with Crippen LogP contribution in [0.15, 0.2) is 48.5 Å². The Morgan fingerprint density at radius 3 is 2.71 bits per heavy atom. The Kier molecular flexibility index (Phi) is 3.23. The number of nitrogen functional groups attached to an aromatic ring is 1. The van der Waals surface area contributed by atoms with Gasteiger partial charge in [-0.15, -0.1) is 0 Å². The van der Waals surface area contributed by atoms with Gasteiger partial charge in [-0.05, 0) is 30.3 Å². The van der Waals surface area contributed by atoms with E-state index in [-0.39, 0.29) is 17.3 Å². The van der Waals surface area contributed by atoms with Gasteiger partial charge in [-0.3, -0.25) is 9.59 Å². The topological polar surface area (TPSA) is 72.2 Å². The quantitative estimate of drug-likeness (QED) is 0.508. The van der Waals surface area contributed by atoms with Crippen LogP contribution in [0.2, 0.25) is 5.02 Å². The number of anilines is 2. The second kappa shape index (κ2) is 5.07. The third kappa shape index (κ3) is 2.41. The number of carbonyl (C=O) groups is 2. The van der Waals surface area contributed by atoms with Crippen LogP contribution < -0.4 is 11.1 Å². The van der Waals surface area contributed by atoms with Gasteiger partial charge in [-0.2, -0.15) is 0 Å². The lowest BCUT2D eigenvalue weighted by molar-refractivity contribution is -0.110. The molecule has 21 heavy (non-hydrogen) atoms. The van der Waals surface area contributed by atoms with E-state index in [2.05, 4.69) is 5.32 Å². The van der Waals surface area contributed by atoms with Gasteiger partial charge in [0.05, 0.1) is 16.3 Å². The first kappa shape index (κ1) is 13.4. The number of fused-ring (bicyclic) bond motifs is 1. The van der Waals surface area contributed by atoms with Crippen LogP contribution >= 0.6 is 11.6 Å². The molecule has 5 heteroatoms. The van der Waals surface area contributed by atoms with Crippen LogP contribution in [0.1, 0.15) is 15.9 Å². The van der Waals surface area contributed by atoms with Crippen LogP contribution in [-0.2, 0) is 4.79 Å². The van der Waals surface area contributed by atoms with Crippen LogP contribution in [0.4, 0.5) is 11.4 Å². The van der Waals surface area contributed by atoms with Crippen molar-refractivity contribution in [2.45, 2.75) is 0 Å². The average Bonchev–Trinajstić information content (AvgIpc) is 2.76. The maximum atomic E-state index is 12.3. The number of hydrogen-bond acceptors (Lipinski definition) is 3. The van der Waals surface area contributed by atoms with E-state index in [4.69, 9.17) is 17.3 Å². The second-order valence-electron chi connectivity index (χ2n) is 4.66. The van der Waals surface area contributed by atoms with Crippen molar-refractivity contribution in [2.24, 2.45) is 0 Å². The molecule has 0 saturated heterocycles. The molecule has 0 atom stereocenters. The van der Waals surface area contributed by atoms with Crippen molar-refractivity contribution < 1.29 is 9.59 Å². The van der Waals surface area contributed by atoms with E-state index in [0.29, 0.717) is 27.5 Å². The SMILES string of the molecule is Nc1cccc(C(=O)C=C2C(=O)Nc3cccc(Cl)c32)c1. The molecule has 104 valence electrons. The van der Waals surface area contributed by atoms with Gasteiger partial charge in [-0.25, -0.2) is 0 Å². The van der Waals surface area contributed by atoms with Gasteiger partial charge < -0.3 is 11.1 Å². The van der Waals surface area contributed by atoms with Gasteiger partial charge in [0, 0.05) is 16.8 Å². The molecule has 1 heterocycles. The molecule has 0 radical (unpaired) electrons. The Hall–Kier alpha value is -2.59. The number of carbonyl (C=O) groups excluding carboxylic acids is 2. The largest absolute Gasteiger partial charge is 0.399 e. The molecule has 1 aliphatic rings. The number of amides is 1. The summed E-state index contributed by atoms with van der Waals surface area (Å²) in [5.74, 6) is -0.629. The molecule has 4 nitrogen and oxygen atoms in total. The Morgan fingerprint density at radius 2 is 1.95 bits per heavy atom. The molecule has 0 spiro atoms. The lowest BCUT2D eigenvalue weighted by Crippen LogP contribution is -2.06. The van der Waals surface area contributed by atoms with Gasteiger partial charge in [0.25, 0.3) is 5.91 Å². The number of nitrogens with two attached hydrogens (primary N) is 1. The van der Waals surface area contributed by atoms with Crippen molar-refractivity contribution in [3.8, 4) is 0 Å². The second-order valence-corrected chi connectivity index (χ2v) is 5.07.